The standard InChI is InChI=1S/C23H29NO5/c1-23(2,3)29-22(28)24(15-18-12-8-5-9-13-18)16-20(25)19(21(26)27)14-17-10-6-4-7-11-17/h4-13,19-20,25H,14-16H2,1-3H3,(H,26,27)/t19-,20+/m1/s1. The molecule has 0 radical (unpaired) electrons. The van der Waals surface area contributed by atoms with Crippen LogP contribution in [-0.2, 0) is 22.5 Å². The second kappa shape index (κ2) is 10.1. The number of ether oxygens (including phenoxy) is 1. The van der Waals surface area contributed by atoms with Crippen molar-refractivity contribution in [3.63, 3.8) is 0 Å². The van der Waals surface area contributed by atoms with Gasteiger partial charge in [-0.05, 0) is 38.3 Å². The summed E-state index contributed by atoms with van der Waals surface area (Å²) < 4.78 is 5.46. The molecule has 0 aliphatic rings. The first kappa shape index (κ1) is 22.4. The lowest BCUT2D eigenvalue weighted by atomic mass is 9.93. The quantitative estimate of drug-likeness (QED) is 0.706. The number of carboxylic acid groups (broad SMARTS) is 1. The minimum Gasteiger partial charge on any atom is -0.481 e. The van der Waals surface area contributed by atoms with Gasteiger partial charge >= 0.3 is 12.1 Å². The minimum absolute atomic E-state index is 0.145. The van der Waals surface area contributed by atoms with E-state index in [-0.39, 0.29) is 19.5 Å². The summed E-state index contributed by atoms with van der Waals surface area (Å²) in [5.74, 6) is -2.15. The van der Waals surface area contributed by atoms with Crippen molar-refractivity contribution in [2.24, 2.45) is 5.92 Å². The van der Waals surface area contributed by atoms with E-state index in [0.29, 0.717) is 0 Å². The highest BCUT2D eigenvalue weighted by molar-refractivity contribution is 5.72. The number of carbonyl (C=O) groups is 2. The Morgan fingerprint density at radius 1 is 0.966 bits per heavy atom. The van der Waals surface area contributed by atoms with Crippen LogP contribution < -0.4 is 0 Å². The topological polar surface area (TPSA) is 87.1 Å². The van der Waals surface area contributed by atoms with Crippen molar-refractivity contribution in [2.45, 2.75) is 45.4 Å². The van der Waals surface area contributed by atoms with E-state index < -0.39 is 29.7 Å². The van der Waals surface area contributed by atoms with Crippen LogP contribution in [0.5, 0.6) is 0 Å². The van der Waals surface area contributed by atoms with Crippen molar-refractivity contribution in [1.29, 1.82) is 0 Å². The zero-order chi connectivity index (χ0) is 21.4. The lowest BCUT2D eigenvalue weighted by molar-refractivity contribution is -0.146. The zero-order valence-electron chi connectivity index (χ0n) is 17.1. The second-order valence-electron chi connectivity index (χ2n) is 8.05. The van der Waals surface area contributed by atoms with Gasteiger partial charge in [-0.2, -0.15) is 0 Å². The molecule has 0 aromatic heterocycles. The molecule has 0 fully saturated rings. The molecule has 6 heteroatoms. The van der Waals surface area contributed by atoms with E-state index in [1.54, 1.807) is 20.8 Å². The van der Waals surface area contributed by atoms with Gasteiger partial charge in [-0.25, -0.2) is 4.79 Å². The maximum atomic E-state index is 12.7. The smallest absolute Gasteiger partial charge is 0.410 e. The Morgan fingerprint density at radius 2 is 1.48 bits per heavy atom. The highest BCUT2D eigenvalue weighted by Gasteiger charge is 2.31. The predicted octanol–water partition coefficient (Wildman–Crippen LogP) is 3.73. The van der Waals surface area contributed by atoms with Gasteiger partial charge in [0.15, 0.2) is 0 Å². The first-order valence-corrected chi connectivity index (χ1v) is 9.62. The van der Waals surface area contributed by atoms with Gasteiger partial charge in [0.1, 0.15) is 5.60 Å². The predicted molar refractivity (Wildman–Crippen MR) is 110 cm³/mol. The molecule has 0 saturated carbocycles. The van der Waals surface area contributed by atoms with Crippen molar-refractivity contribution in [3.8, 4) is 0 Å². The maximum Gasteiger partial charge on any atom is 0.410 e. The van der Waals surface area contributed by atoms with Crippen molar-refractivity contribution in [1.82, 2.24) is 4.90 Å². The Hall–Kier alpha value is -2.86. The highest BCUT2D eigenvalue weighted by Crippen LogP contribution is 2.18. The fourth-order valence-corrected chi connectivity index (χ4v) is 2.94. The number of nitrogens with zero attached hydrogens (tertiary/aromatic N) is 1. The number of carboxylic acids is 1. The lowest BCUT2D eigenvalue weighted by Gasteiger charge is -2.30. The Kier molecular flexibility index (Phi) is 7.79. The Labute approximate surface area is 171 Å². The van der Waals surface area contributed by atoms with Gasteiger partial charge in [-0.1, -0.05) is 60.7 Å². The van der Waals surface area contributed by atoms with Crippen LogP contribution in [0.3, 0.4) is 0 Å². The summed E-state index contributed by atoms with van der Waals surface area (Å²) in [6, 6.07) is 18.4. The van der Waals surface area contributed by atoms with Gasteiger partial charge in [-0.15, -0.1) is 0 Å². The molecule has 0 bridgehead atoms. The minimum atomic E-state index is -1.25. The third-order valence-electron chi connectivity index (χ3n) is 4.36. The largest absolute Gasteiger partial charge is 0.481 e. The number of aliphatic hydroxyl groups is 1. The third-order valence-corrected chi connectivity index (χ3v) is 4.36. The molecule has 0 unspecified atom stereocenters. The van der Waals surface area contributed by atoms with Gasteiger partial charge < -0.3 is 19.8 Å². The number of rotatable bonds is 8. The van der Waals surface area contributed by atoms with E-state index in [4.69, 9.17) is 4.74 Å². The second-order valence-corrected chi connectivity index (χ2v) is 8.05. The summed E-state index contributed by atoms with van der Waals surface area (Å²) in [7, 11) is 0. The molecule has 156 valence electrons. The Bertz CT molecular complexity index is 786. The van der Waals surface area contributed by atoms with E-state index in [1.807, 2.05) is 60.7 Å². The van der Waals surface area contributed by atoms with Crippen LogP contribution in [0.15, 0.2) is 60.7 Å². The Morgan fingerprint density at radius 3 is 1.97 bits per heavy atom. The number of aliphatic hydroxyl groups excluding tert-OH is 1. The molecule has 0 aliphatic carbocycles. The molecule has 6 nitrogen and oxygen atoms in total. The van der Waals surface area contributed by atoms with Crippen LogP contribution >= 0.6 is 0 Å². The molecule has 2 N–H and O–H groups in total. The summed E-state index contributed by atoms with van der Waals surface area (Å²) >= 11 is 0. The van der Waals surface area contributed by atoms with Crippen molar-refractivity contribution < 1.29 is 24.5 Å². The molecule has 0 heterocycles. The van der Waals surface area contributed by atoms with Crippen LogP contribution in [0.25, 0.3) is 0 Å². The van der Waals surface area contributed by atoms with Gasteiger partial charge in [0.2, 0.25) is 0 Å². The fraction of sp³-hybridized carbons (Fsp3) is 0.391. The molecule has 2 rings (SSSR count). The number of carbonyl (C=O) groups excluding carboxylic acids is 1. The molecule has 2 aromatic carbocycles. The van der Waals surface area contributed by atoms with Gasteiger partial charge in [0.25, 0.3) is 0 Å². The van der Waals surface area contributed by atoms with E-state index in [9.17, 15) is 19.8 Å². The summed E-state index contributed by atoms with van der Waals surface area (Å²) in [5, 5.41) is 20.3. The fourth-order valence-electron chi connectivity index (χ4n) is 2.94. The summed E-state index contributed by atoms with van der Waals surface area (Å²) in [4.78, 5) is 25.8. The molecular weight excluding hydrogens is 370 g/mol. The van der Waals surface area contributed by atoms with E-state index in [1.165, 1.54) is 4.90 Å². The molecule has 0 spiro atoms. The van der Waals surface area contributed by atoms with Crippen molar-refractivity contribution >= 4 is 12.1 Å². The van der Waals surface area contributed by atoms with Gasteiger partial charge in [0.05, 0.1) is 18.6 Å². The molecular formula is C23H29NO5. The normalized spacial score (nSPS) is 13.4. The zero-order valence-corrected chi connectivity index (χ0v) is 17.1. The molecule has 0 aliphatic heterocycles. The molecule has 2 atom stereocenters. The van der Waals surface area contributed by atoms with E-state index >= 15 is 0 Å². The number of amides is 1. The summed E-state index contributed by atoms with van der Waals surface area (Å²) in [5.41, 5.74) is 0.971. The summed E-state index contributed by atoms with van der Waals surface area (Å²) in [6.07, 6.45) is -1.67. The van der Waals surface area contributed by atoms with Crippen molar-refractivity contribution in [2.75, 3.05) is 6.54 Å². The molecule has 29 heavy (non-hydrogen) atoms. The first-order chi connectivity index (χ1) is 13.7. The van der Waals surface area contributed by atoms with Gasteiger partial charge in [-0.3, -0.25) is 4.79 Å². The summed E-state index contributed by atoms with van der Waals surface area (Å²) in [6.45, 7) is 5.35. The van der Waals surface area contributed by atoms with Crippen LogP contribution in [0.1, 0.15) is 31.9 Å². The highest BCUT2D eigenvalue weighted by atomic mass is 16.6. The lowest BCUT2D eigenvalue weighted by Crippen LogP contribution is -2.44. The average molecular weight is 399 g/mol. The number of benzene rings is 2. The van der Waals surface area contributed by atoms with Crippen molar-refractivity contribution in [3.05, 3.63) is 71.8 Å². The SMILES string of the molecule is CC(C)(C)OC(=O)N(Cc1ccccc1)C[C@H](O)[C@@H](Cc1ccccc1)C(=O)O. The number of aliphatic carboxylic acids is 1. The van der Waals surface area contributed by atoms with Crippen LogP contribution in [0, 0.1) is 5.92 Å². The van der Waals surface area contributed by atoms with Crippen LogP contribution in [0.4, 0.5) is 4.79 Å². The van der Waals surface area contributed by atoms with Gasteiger partial charge in [0, 0.05) is 6.54 Å². The molecule has 2 aromatic rings. The first-order valence-electron chi connectivity index (χ1n) is 9.62. The molecule has 0 saturated heterocycles. The molecule has 1 amide bonds. The average Bonchev–Trinajstić information content (AvgIpc) is 2.65. The third kappa shape index (κ3) is 7.58. The number of hydrogen-bond donors (Lipinski definition) is 2. The Balaban J connectivity index is 2.17. The monoisotopic (exact) mass is 399 g/mol. The van der Waals surface area contributed by atoms with Crippen LogP contribution in [0.2, 0.25) is 0 Å². The maximum absolute atomic E-state index is 12.7. The van der Waals surface area contributed by atoms with E-state index in [0.717, 1.165) is 11.1 Å². The van der Waals surface area contributed by atoms with Crippen LogP contribution in [-0.4, -0.2) is 45.4 Å². The number of hydrogen-bond acceptors (Lipinski definition) is 4. The van der Waals surface area contributed by atoms with E-state index in [2.05, 4.69) is 0 Å².